The van der Waals surface area contributed by atoms with Gasteiger partial charge in [-0.3, -0.25) is 9.59 Å². The molecule has 1 aromatic carbocycles. The zero-order valence-corrected chi connectivity index (χ0v) is 11.7. The predicted molar refractivity (Wildman–Crippen MR) is 69.6 cm³/mol. The largest absolute Gasteiger partial charge is 0.469 e. The molecule has 0 aliphatic carbocycles. The van der Waals surface area contributed by atoms with E-state index in [9.17, 15) is 18.0 Å². The SMILES string of the molecule is COC(=O)Cc1ccc(S(C)(=O)=O)cc1NC(C)=O. The average molecular weight is 285 g/mol. The molecule has 1 rings (SSSR count). The Balaban J connectivity index is 3.24. The van der Waals surface area contributed by atoms with Crippen LogP contribution in [0.4, 0.5) is 5.69 Å². The Morgan fingerprint density at radius 1 is 1.32 bits per heavy atom. The van der Waals surface area contributed by atoms with Crippen LogP contribution in [0.1, 0.15) is 12.5 Å². The van der Waals surface area contributed by atoms with E-state index in [0.717, 1.165) is 6.26 Å². The van der Waals surface area contributed by atoms with E-state index in [4.69, 9.17) is 0 Å². The van der Waals surface area contributed by atoms with E-state index in [1.165, 1.54) is 32.2 Å². The molecule has 0 aliphatic heterocycles. The highest BCUT2D eigenvalue weighted by molar-refractivity contribution is 7.90. The fraction of sp³-hybridized carbons (Fsp3) is 0.333. The molecule has 0 radical (unpaired) electrons. The Labute approximate surface area is 111 Å². The number of esters is 1. The maximum absolute atomic E-state index is 11.5. The summed E-state index contributed by atoms with van der Waals surface area (Å²) >= 11 is 0. The average Bonchev–Trinajstić information content (AvgIpc) is 2.29. The molecule has 0 unspecified atom stereocenters. The van der Waals surface area contributed by atoms with E-state index in [1.54, 1.807) is 0 Å². The first kappa shape index (κ1) is 15.2. The number of methoxy groups -OCH3 is 1. The number of amides is 1. The number of nitrogens with one attached hydrogen (secondary N) is 1. The van der Waals surface area contributed by atoms with Crippen molar-refractivity contribution in [2.75, 3.05) is 18.7 Å². The Kier molecular flexibility index (Phi) is 4.66. The van der Waals surface area contributed by atoms with E-state index in [0.29, 0.717) is 11.3 Å². The number of hydrogen-bond donors (Lipinski definition) is 1. The smallest absolute Gasteiger partial charge is 0.310 e. The molecule has 0 saturated carbocycles. The van der Waals surface area contributed by atoms with Gasteiger partial charge in [-0.1, -0.05) is 6.07 Å². The summed E-state index contributed by atoms with van der Waals surface area (Å²) in [7, 11) is -2.12. The minimum atomic E-state index is -3.38. The number of benzene rings is 1. The van der Waals surface area contributed by atoms with E-state index in [-0.39, 0.29) is 17.2 Å². The molecule has 7 heteroatoms. The van der Waals surface area contributed by atoms with E-state index in [1.807, 2.05) is 0 Å². The highest BCUT2D eigenvalue weighted by Gasteiger charge is 2.14. The van der Waals surface area contributed by atoms with Gasteiger partial charge in [-0.25, -0.2) is 8.42 Å². The van der Waals surface area contributed by atoms with Crippen molar-refractivity contribution in [2.45, 2.75) is 18.2 Å². The van der Waals surface area contributed by atoms with Crippen molar-refractivity contribution >= 4 is 27.4 Å². The molecule has 1 N–H and O–H groups in total. The molecule has 6 nitrogen and oxygen atoms in total. The van der Waals surface area contributed by atoms with Crippen LogP contribution in [0.2, 0.25) is 0 Å². The second-order valence-electron chi connectivity index (χ2n) is 4.03. The molecule has 0 spiro atoms. The van der Waals surface area contributed by atoms with Crippen molar-refractivity contribution in [3.05, 3.63) is 23.8 Å². The summed E-state index contributed by atoms with van der Waals surface area (Å²) in [5.41, 5.74) is 0.787. The molecule has 0 fully saturated rings. The van der Waals surface area contributed by atoms with Crippen LogP contribution in [0.15, 0.2) is 23.1 Å². The lowest BCUT2D eigenvalue weighted by Crippen LogP contribution is -2.12. The Hall–Kier alpha value is -1.89. The normalized spacial score (nSPS) is 10.9. The van der Waals surface area contributed by atoms with Gasteiger partial charge >= 0.3 is 5.97 Å². The van der Waals surface area contributed by atoms with Crippen LogP contribution in [0.3, 0.4) is 0 Å². The number of carbonyl (C=O) groups excluding carboxylic acids is 2. The highest BCUT2D eigenvalue weighted by atomic mass is 32.2. The lowest BCUT2D eigenvalue weighted by Gasteiger charge is -2.11. The fourth-order valence-electron chi connectivity index (χ4n) is 1.47. The maximum Gasteiger partial charge on any atom is 0.310 e. The number of carbonyl (C=O) groups is 2. The van der Waals surface area contributed by atoms with E-state index >= 15 is 0 Å². The molecule has 104 valence electrons. The minimum absolute atomic E-state index is 0.0455. The lowest BCUT2D eigenvalue weighted by atomic mass is 10.1. The first-order valence-corrected chi connectivity index (χ1v) is 7.30. The standard InChI is InChI=1S/C12H15NO5S/c1-8(14)13-11-7-10(19(3,16)17)5-4-9(11)6-12(15)18-2/h4-5,7H,6H2,1-3H3,(H,13,14). The van der Waals surface area contributed by atoms with Crippen LogP contribution in [-0.4, -0.2) is 33.7 Å². The molecular formula is C12H15NO5S. The van der Waals surface area contributed by atoms with Crippen molar-refractivity contribution in [1.82, 2.24) is 0 Å². The monoisotopic (exact) mass is 285 g/mol. The van der Waals surface area contributed by atoms with Gasteiger partial charge in [-0.05, 0) is 17.7 Å². The molecule has 0 saturated heterocycles. The molecule has 0 aliphatic rings. The number of sulfone groups is 1. The summed E-state index contributed by atoms with van der Waals surface area (Å²) in [5, 5.41) is 2.50. The van der Waals surface area contributed by atoms with Gasteiger partial charge in [0.25, 0.3) is 0 Å². The van der Waals surface area contributed by atoms with Gasteiger partial charge in [0, 0.05) is 18.9 Å². The molecule has 1 aromatic rings. The van der Waals surface area contributed by atoms with Gasteiger partial charge in [0.2, 0.25) is 5.91 Å². The van der Waals surface area contributed by atoms with Crippen LogP contribution in [-0.2, 0) is 30.6 Å². The summed E-state index contributed by atoms with van der Waals surface area (Å²) in [5.74, 6) is -0.824. The summed E-state index contributed by atoms with van der Waals surface area (Å²) in [6.45, 7) is 1.30. The molecular weight excluding hydrogens is 270 g/mol. The van der Waals surface area contributed by atoms with Crippen molar-refractivity contribution in [3.63, 3.8) is 0 Å². The number of rotatable bonds is 4. The third-order valence-electron chi connectivity index (χ3n) is 2.38. The fourth-order valence-corrected chi connectivity index (χ4v) is 2.12. The van der Waals surface area contributed by atoms with Gasteiger partial charge in [0.15, 0.2) is 9.84 Å². The second kappa shape index (κ2) is 5.83. The molecule has 1 amide bonds. The quantitative estimate of drug-likeness (QED) is 0.825. The molecule has 0 bridgehead atoms. The highest BCUT2D eigenvalue weighted by Crippen LogP contribution is 2.22. The van der Waals surface area contributed by atoms with Crippen molar-refractivity contribution in [2.24, 2.45) is 0 Å². The van der Waals surface area contributed by atoms with Gasteiger partial charge in [-0.15, -0.1) is 0 Å². The third-order valence-corrected chi connectivity index (χ3v) is 3.49. The second-order valence-corrected chi connectivity index (χ2v) is 6.04. The van der Waals surface area contributed by atoms with Gasteiger partial charge < -0.3 is 10.1 Å². The van der Waals surface area contributed by atoms with Crippen molar-refractivity contribution in [1.29, 1.82) is 0 Å². The van der Waals surface area contributed by atoms with Crippen molar-refractivity contribution in [3.8, 4) is 0 Å². The van der Waals surface area contributed by atoms with Crippen LogP contribution < -0.4 is 5.32 Å². The number of anilines is 1. The van der Waals surface area contributed by atoms with Crippen LogP contribution >= 0.6 is 0 Å². The zero-order valence-electron chi connectivity index (χ0n) is 10.9. The van der Waals surface area contributed by atoms with Gasteiger partial charge in [-0.2, -0.15) is 0 Å². The van der Waals surface area contributed by atoms with E-state index in [2.05, 4.69) is 10.1 Å². The molecule has 0 atom stereocenters. The summed E-state index contributed by atoms with van der Waals surface area (Å²) < 4.78 is 27.5. The third kappa shape index (κ3) is 4.36. The predicted octanol–water partition coefficient (Wildman–Crippen LogP) is 0.764. The zero-order chi connectivity index (χ0) is 14.6. The van der Waals surface area contributed by atoms with Crippen molar-refractivity contribution < 1.29 is 22.7 Å². The summed E-state index contributed by atoms with van der Waals surface area (Å²) in [6, 6.07) is 4.20. The Morgan fingerprint density at radius 2 is 1.95 bits per heavy atom. The molecule has 0 heterocycles. The first-order valence-electron chi connectivity index (χ1n) is 5.41. The van der Waals surface area contributed by atoms with Gasteiger partial charge in [0.05, 0.1) is 18.4 Å². The summed E-state index contributed by atoms with van der Waals surface area (Å²) in [6.07, 6.45) is 1.02. The van der Waals surface area contributed by atoms with Crippen LogP contribution in [0, 0.1) is 0 Å². The maximum atomic E-state index is 11.5. The Bertz CT molecular complexity index is 607. The van der Waals surface area contributed by atoms with Crippen LogP contribution in [0.25, 0.3) is 0 Å². The Morgan fingerprint density at radius 3 is 2.42 bits per heavy atom. The lowest BCUT2D eigenvalue weighted by molar-refractivity contribution is -0.139. The number of ether oxygens (including phenoxy) is 1. The molecule has 0 aromatic heterocycles. The van der Waals surface area contributed by atoms with Crippen LogP contribution in [0.5, 0.6) is 0 Å². The van der Waals surface area contributed by atoms with E-state index < -0.39 is 15.8 Å². The first-order chi connectivity index (χ1) is 8.74. The minimum Gasteiger partial charge on any atom is -0.469 e. The summed E-state index contributed by atoms with van der Waals surface area (Å²) in [4.78, 5) is 22.4. The number of hydrogen-bond acceptors (Lipinski definition) is 5. The van der Waals surface area contributed by atoms with Gasteiger partial charge in [0.1, 0.15) is 0 Å². The topological polar surface area (TPSA) is 89.5 Å². The molecule has 19 heavy (non-hydrogen) atoms.